The van der Waals surface area contributed by atoms with Crippen molar-refractivity contribution in [2.24, 2.45) is 5.73 Å². The lowest BCUT2D eigenvalue weighted by Crippen LogP contribution is -2.55. The number of carbonyl (C=O) groups is 2. The number of primary amides is 1. The molecule has 5 nitrogen and oxygen atoms in total. The summed E-state index contributed by atoms with van der Waals surface area (Å²) >= 11 is 3.76. The standard InChI is InChI=1S/C7H6.C5H10N2O3S/c1-2-6-4-7(3-1)5-6;1-5(2-11,3(8)9)7-4(6)10/h1-4H,5H2;11H,2H2,1H3,(H,8,9)(H3,6,7,10). The second kappa shape index (κ2) is 5.77. The van der Waals surface area contributed by atoms with Crippen molar-refractivity contribution in [3.63, 3.8) is 0 Å². The Hall–Kier alpha value is -1.69. The lowest BCUT2D eigenvalue weighted by Gasteiger charge is -2.22. The second-order valence-corrected chi connectivity index (χ2v) is 4.60. The Labute approximate surface area is 111 Å². The molecule has 4 N–H and O–H groups in total. The molecule has 2 bridgehead atoms. The summed E-state index contributed by atoms with van der Waals surface area (Å²) < 4.78 is 0. The molecule has 2 aliphatic rings. The monoisotopic (exact) mass is 268 g/mol. The lowest BCUT2D eigenvalue weighted by atomic mass is 9.94. The molecule has 1 aromatic carbocycles. The molecule has 3 rings (SSSR count). The number of thiol groups is 1. The summed E-state index contributed by atoms with van der Waals surface area (Å²) in [6.45, 7) is 1.33. The Kier molecular flexibility index (Phi) is 4.61. The summed E-state index contributed by atoms with van der Waals surface area (Å²) in [7, 11) is 0. The maximum absolute atomic E-state index is 10.5. The number of hydrogen-bond donors (Lipinski definition) is 4. The van der Waals surface area contributed by atoms with Crippen LogP contribution in [0.5, 0.6) is 0 Å². The van der Waals surface area contributed by atoms with Crippen LogP contribution in [0.1, 0.15) is 18.1 Å². The predicted octanol–water partition coefficient (Wildman–Crippen LogP) is 1.02. The molecule has 98 valence electrons. The van der Waals surface area contributed by atoms with E-state index in [0.717, 1.165) is 0 Å². The molecule has 0 saturated carbocycles. The minimum absolute atomic E-state index is 0.00866. The van der Waals surface area contributed by atoms with Crippen LogP contribution < -0.4 is 11.1 Å². The smallest absolute Gasteiger partial charge is 0.330 e. The van der Waals surface area contributed by atoms with Gasteiger partial charge < -0.3 is 16.2 Å². The maximum atomic E-state index is 10.5. The van der Waals surface area contributed by atoms with Crippen molar-refractivity contribution in [1.29, 1.82) is 0 Å². The van der Waals surface area contributed by atoms with Gasteiger partial charge in [-0.05, 0) is 24.5 Å². The normalized spacial score (nSPS) is 14.3. The van der Waals surface area contributed by atoms with E-state index < -0.39 is 17.5 Å². The third-order valence-electron chi connectivity index (χ3n) is 2.59. The van der Waals surface area contributed by atoms with E-state index in [1.54, 1.807) is 0 Å². The molecule has 0 heterocycles. The highest BCUT2D eigenvalue weighted by Crippen LogP contribution is 2.18. The van der Waals surface area contributed by atoms with Crippen molar-refractivity contribution in [1.82, 2.24) is 5.32 Å². The molecule has 18 heavy (non-hydrogen) atoms. The Bertz CT molecular complexity index is 440. The number of urea groups is 1. The number of aliphatic carboxylic acids is 1. The number of rotatable bonds is 3. The fourth-order valence-corrected chi connectivity index (χ4v) is 1.60. The maximum Gasteiger partial charge on any atom is 0.330 e. The highest BCUT2D eigenvalue weighted by Gasteiger charge is 2.32. The van der Waals surface area contributed by atoms with Gasteiger partial charge in [-0.3, -0.25) is 0 Å². The van der Waals surface area contributed by atoms with Crippen LogP contribution in [0.4, 0.5) is 4.79 Å². The molecular weight excluding hydrogens is 252 g/mol. The van der Waals surface area contributed by atoms with Crippen molar-refractivity contribution in [3.05, 3.63) is 35.4 Å². The van der Waals surface area contributed by atoms with Gasteiger partial charge in [-0.25, -0.2) is 9.59 Å². The lowest BCUT2D eigenvalue weighted by molar-refractivity contribution is -0.142. The van der Waals surface area contributed by atoms with E-state index in [1.165, 1.54) is 24.5 Å². The minimum Gasteiger partial charge on any atom is -0.479 e. The number of carboxylic acid groups (broad SMARTS) is 1. The highest BCUT2D eigenvalue weighted by atomic mass is 32.1. The van der Waals surface area contributed by atoms with E-state index in [1.807, 2.05) is 0 Å². The van der Waals surface area contributed by atoms with Crippen LogP contribution in [-0.4, -0.2) is 28.4 Å². The first-order valence-corrected chi connectivity index (χ1v) is 6.00. The molecule has 0 saturated heterocycles. The van der Waals surface area contributed by atoms with Gasteiger partial charge in [0.25, 0.3) is 0 Å². The third kappa shape index (κ3) is 3.66. The number of hydrogen-bond acceptors (Lipinski definition) is 3. The second-order valence-electron chi connectivity index (χ2n) is 4.28. The highest BCUT2D eigenvalue weighted by molar-refractivity contribution is 7.80. The number of carbonyl (C=O) groups excluding carboxylic acids is 1. The van der Waals surface area contributed by atoms with Crippen LogP contribution in [0.25, 0.3) is 0 Å². The molecule has 0 fully saturated rings. The van der Waals surface area contributed by atoms with Crippen molar-refractivity contribution in [2.45, 2.75) is 18.9 Å². The Morgan fingerprint density at radius 1 is 1.50 bits per heavy atom. The van der Waals surface area contributed by atoms with Crippen LogP contribution in [0.3, 0.4) is 0 Å². The third-order valence-corrected chi connectivity index (χ3v) is 3.22. The van der Waals surface area contributed by atoms with E-state index in [2.05, 4.69) is 42.2 Å². The molecule has 0 spiro atoms. The number of nitrogens with one attached hydrogen (secondary N) is 1. The van der Waals surface area contributed by atoms with Crippen LogP contribution in [0.15, 0.2) is 24.3 Å². The molecular formula is C12H16N2O3S. The fourth-order valence-electron chi connectivity index (χ4n) is 1.39. The minimum atomic E-state index is -1.38. The average molecular weight is 268 g/mol. The molecule has 1 aromatic rings. The summed E-state index contributed by atoms with van der Waals surface area (Å²) in [5.74, 6) is -1.17. The quantitative estimate of drug-likeness (QED) is 0.626. The number of fused-ring (bicyclic) bond motifs is 2. The Morgan fingerprint density at radius 3 is 2.11 bits per heavy atom. The van der Waals surface area contributed by atoms with Crippen molar-refractivity contribution in [2.75, 3.05) is 5.75 Å². The zero-order valence-electron chi connectivity index (χ0n) is 10.0. The van der Waals surface area contributed by atoms with Gasteiger partial charge in [-0.1, -0.05) is 24.3 Å². The summed E-state index contributed by atoms with van der Waals surface area (Å²) in [5, 5.41) is 10.6. The first-order valence-electron chi connectivity index (χ1n) is 5.37. The first kappa shape index (κ1) is 14.4. The van der Waals surface area contributed by atoms with Crippen LogP contribution in [0.2, 0.25) is 0 Å². The van der Waals surface area contributed by atoms with Gasteiger partial charge in [0.05, 0.1) is 0 Å². The van der Waals surface area contributed by atoms with Gasteiger partial charge in [-0.2, -0.15) is 12.6 Å². The number of nitrogens with two attached hydrogens (primary N) is 1. The van der Waals surface area contributed by atoms with Gasteiger partial charge in [-0.15, -0.1) is 0 Å². The number of benzene rings is 1. The van der Waals surface area contributed by atoms with Gasteiger partial charge in [0.15, 0.2) is 0 Å². The number of carboxylic acids is 1. The fraction of sp³-hybridized carbons (Fsp3) is 0.333. The number of amides is 2. The van der Waals surface area contributed by atoms with Crippen molar-refractivity contribution < 1.29 is 14.7 Å². The van der Waals surface area contributed by atoms with Crippen LogP contribution in [0, 0.1) is 0 Å². The van der Waals surface area contributed by atoms with E-state index in [0.29, 0.717) is 0 Å². The summed E-state index contributed by atoms with van der Waals surface area (Å²) in [4.78, 5) is 20.8. The van der Waals surface area contributed by atoms with Crippen LogP contribution in [-0.2, 0) is 11.2 Å². The van der Waals surface area contributed by atoms with E-state index in [9.17, 15) is 9.59 Å². The molecule has 1 unspecified atom stereocenters. The van der Waals surface area contributed by atoms with Crippen LogP contribution >= 0.6 is 12.6 Å². The molecule has 2 amide bonds. The Morgan fingerprint density at radius 2 is 2.00 bits per heavy atom. The van der Waals surface area contributed by atoms with Crippen molar-refractivity contribution in [3.8, 4) is 0 Å². The average Bonchev–Trinajstić information content (AvgIpc) is 2.28. The van der Waals surface area contributed by atoms with Gasteiger partial charge in [0.1, 0.15) is 5.54 Å². The zero-order valence-corrected chi connectivity index (χ0v) is 10.9. The molecule has 0 aromatic heterocycles. The molecule has 0 radical (unpaired) electrons. The topological polar surface area (TPSA) is 92.4 Å². The predicted molar refractivity (Wildman–Crippen MR) is 71.9 cm³/mol. The molecule has 6 heteroatoms. The van der Waals surface area contributed by atoms with Gasteiger partial charge in [0, 0.05) is 5.75 Å². The van der Waals surface area contributed by atoms with E-state index >= 15 is 0 Å². The summed E-state index contributed by atoms with van der Waals surface area (Å²) in [5.41, 5.74) is 6.33. The van der Waals surface area contributed by atoms with Gasteiger partial charge >= 0.3 is 12.0 Å². The SMILES string of the molecule is CC(CS)(NC(N)=O)C(=O)O.c1cc2cc(c1)C2. The molecule has 0 aliphatic heterocycles. The molecule has 1 atom stereocenters. The van der Waals surface area contributed by atoms with Gasteiger partial charge in [0.2, 0.25) is 0 Å². The molecule has 2 aliphatic carbocycles. The summed E-state index contributed by atoms with van der Waals surface area (Å²) in [6.07, 6.45) is 1.22. The largest absolute Gasteiger partial charge is 0.479 e. The van der Waals surface area contributed by atoms with Crippen molar-refractivity contribution >= 4 is 24.6 Å². The van der Waals surface area contributed by atoms with E-state index in [-0.39, 0.29) is 5.75 Å². The summed E-state index contributed by atoms with van der Waals surface area (Å²) in [6, 6.07) is 7.78. The Balaban J connectivity index is 0.000000194. The van der Waals surface area contributed by atoms with E-state index in [4.69, 9.17) is 10.8 Å². The zero-order chi connectivity index (χ0) is 13.8. The first-order chi connectivity index (χ1) is 8.37.